The molecule has 2 aromatic rings. The van der Waals surface area contributed by atoms with Crippen molar-refractivity contribution < 1.29 is 14.3 Å². The first-order valence-electron chi connectivity index (χ1n) is 5.04. The summed E-state index contributed by atoms with van der Waals surface area (Å²) in [5, 5.41) is 11.3. The maximum atomic E-state index is 13.6. The molecule has 0 radical (unpaired) electrons. The fourth-order valence-electron chi connectivity index (χ4n) is 1.24. The molecule has 98 valence electrons. The third-order valence-electron chi connectivity index (χ3n) is 2.10. The van der Waals surface area contributed by atoms with E-state index < -0.39 is 5.82 Å². The zero-order valence-corrected chi connectivity index (χ0v) is 11.0. The summed E-state index contributed by atoms with van der Waals surface area (Å²) < 4.78 is 19.3. The molecule has 3 N–H and O–H groups in total. The summed E-state index contributed by atoms with van der Waals surface area (Å²) in [7, 11) is 0. The van der Waals surface area contributed by atoms with Crippen LogP contribution in [0.2, 0.25) is 0 Å². The van der Waals surface area contributed by atoms with Gasteiger partial charge in [0.25, 0.3) is 0 Å². The number of oxime groups is 1. The SMILES string of the molecule is N/C(=N/O)c1ccnc(Oc2ccc(Br)cc2F)n1. The second-order valence-corrected chi connectivity index (χ2v) is 4.30. The van der Waals surface area contributed by atoms with Crippen LogP contribution >= 0.6 is 15.9 Å². The molecule has 0 aliphatic carbocycles. The molecule has 0 saturated heterocycles. The van der Waals surface area contributed by atoms with E-state index in [2.05, 4.69) is 31.1 Å². The third kappa shape index (κ3) is 3.16. The van der Waals surface area contributed by atoms with Crippen molar-refractivity contribution in [3.05, 3.63) is 46.4 Å². The van der Waals surface area contributed by atoms with Gasteiger partial charge in [-0.05, 0) is 24.3 Å². The summed E-state index contributed by atoms with van der Waals surface area (Å²) in [5.41, 5.74) is 5.55. The minimum Gasteiger partial charge on any atom is -0.421 e. The number of nitrogens with two attached hydrogens (primary N) is 1. The van der Waals surface area contributed by atoms with Crippen LogP contribution in [0.1, 0.15) is 5.69 Å². The maximum absolute atomic E-state index is 13.6. The van der Waals surface area contributed by atoms with Crippen molar-refractivity contribution in [2.75, 3.05) is 0 Å². The fraction of sp³-hybridized carbons (Fsp3) is 0. The second kappa shape index (κ2) is 5.61. The van der Waals surface area contributed by atoms with Gasteiger partial charge < -0.3 is 15.7 Å². The number of halogens is 2. The van der Waals surface area contributed by atoms with Crippen LogP contribution in [-0.4, -0.2) is 21.0 Å². The van der Waals surface area contributed by atoms with Gasteiger partial charge in [-0.1, -0.05) is 21.1 Å². The van der Waals surface area contributed by atoms with E-state index in [4.69, 9.17) is 15.7 Å². The van der Waals surface area contributed by atoms with E-state index in [-0.39, 0.29) is 23.3 Å². The van der Waals surface area contributed by atoms with Crippen LogP contribution in [0, 0.1) is 5.82 Å². The zero-order valence-electron chi connectivity index (χ0n) is 9.42. The maximum Gasteiger partial charge on any atom is 0.322 e. The number of rotatable bonds is 3. The molecule has 0 atom stereocenters. The Hall–Kier alpha value is -2.22. The van der Waals surface area contributed by atoms with E-state index in [1.165, 1.54) is 24.4 Å². The van der Waals surface area contributed by atoms with E-state index in [0.29, 0.717) is 4.47 Å². The van der Waals surface area contributed by atoms with Gasteiger partial charge in [0, 0.05) is 10.7 Å². The molecule has 0 saturated carbocycles. The lowest BCUT2D eigenvalue weighted by Gasteiger charge is -2.06. The van der Waals surface area contributed by atoms with E-state index in [1.54, 1.807) is 6.07 Å². The Morgan fingerprint density at radius 1 is 1.42 bits per heavy atom. The molecule has 6 nitrogen and oxygen atoms in total. The average Bonchev–Trinajstić information content (AvgIpc) is 2.41. The Morgan fingerprint density at radius 3 is 2.89 bits per heavy atom. The van der Waals surface area contributed by atoms with Crippen molar-refractivity contribution >= 4 is 21.8 Å². The summed E-state index contributed by atoms with van der Waals surface area (Å²) in [4.78, 5) is 7.69. The molecule has 0 bridgehead atoms. The Balaban J connectivity index is 2.28. The molecule has 0 aliphatic rings. The van der Waals surface area contributed by atoms with Crippen LogP contribution < -0.4 is 10.5 Å². The molecule has 8 heteroatoms. The highest BCUT2D eigenvalue weighted by Crippen LogP contribution is 2.24. The molecule has 2 rings (SSSR count). The molecular formula is C11H8BrFN4O2. The summed E-state index contributed by atoms with van der Waals surface area (Å²) >= 11 is 3.13. The first kappa shape index (κ1) is 13.2. The number of amidine groups is 1. The van der Waals surface area contributed by atoms with E-state index in [0.717, 1.165) is 0 Å². The quantitative estimate of drug-likeness (QED) is 0.390. The van der Waals surface area contributed by atoms with Gasteiger partial charge in [0.15, 0.2) is 17.4 Å². The Kier molecular flexibility index (Phi) is 3.91. The van der Waals surface area contributed by atoms with Crippen LogP contribution in [-0.2, 0) is 0 Å². The van der Waals surface area contributed by atoms with Gasteiger partial charge in [0.05, 0.1) is 0 Å². The Morgan fingerprint density at radius 2 is 2.21 bits per heavy atom. The molecule has 1 heterocycles. The van der Waals surface area contributed by atoms with Gasteiger partial charge in [0.2, 0.25) is 0 Å². The van der Waals surface area contributed by atoms with Gasteiger partial charge in [-0.2, -0.15) is 4.98 Å². The highest BCUT2D eigenvalue weighted by atomic mass is 79.9. The molecule has 0 amide bonds. The van der Waals surface area contributed by atoms with Crippen molar-refractivity contribution in [3.63, 3.8) is 0 Å². The number of hydrogen-bond donors (Lipinski definition) is 2. The first-order valence-corrected chi connectivity index (χ1v) is 5.83. The van der Waals surface area contributed by atoms with Crippen molar-refractivity contribution in [2.24, 2.45) is 10.9 Å². The summed E-state index contributed by atoms with van der Waals surface area (Å²) in [6.07, 6.45) is 1.35. The minimum atomic E-state index is -0.563. The number of ether oxygens (including phenoxy) is 1. The predicted octanol–water partition coefficient (Wildman–Crippen LogP) is 2.26. The third-order valence-corrected chi connectivity index (χ3v) is 2.59. The van der Waals surface area contributed by atoms with Crippen molar-refractivity contribution in [2.45, 2.75) is 0 Å². The standard InChI is InChI=1S/C11H8BrFN4O2/c12-6-1-2-9(7(13)5-6)19-11-15-4-3-8(16-11)10(14)17-18/h1-5,18H,(H2,14,17). The molecular weight excluding hydrogens is 319 g/mol. The number of aromatic nitrogens is 2. The van der Waals surface area contributed by atoms with E-state index in [1.807, 2.05) is 0 Å². The van der Waals surface area contributed by atoms with Crippen LogP contribution in [0.25, 0.3) is 0 Å². The van der Waals surface area contributed by atoms with Gasteiger partial charge in [-0.3, -0.25) is 0 Å². The summed E-state index contributed by atoms with van der Waals surface area (Å²) in [6.45, 7) is 0. The lowest BCUT2D eigenvalue weighted by molar-refractivity contribution is 0.318. The highest BCUT2D eigenvalue weighted by molar-refractivity contribution is 9.10. The molecule has 19 heavy (non-hydrogen) atoms. The van der Waals surface area contributed by atoms with Gasteiger partial charge >= 0.3 is 6.01 Å². The van der Waals surface area contributed by atoms with Crippen LogP contribution in [0.5, 0.6) is 11.8 Å². The van der Waals surface area contributed by atoms with Crippen molar-refractivity contribution in [3.8, 4) is 11.8 Å². The topological polar surface area (TPSA) is 93.6 Å². The summed E-state index contributed by atoms with van der Waals surface area (Å²) in [5.74, 6) is -0.782. The predicted molar refractivity (Wildman–Crippen MR) is 68.7 cm³/mol. The Labute approximate surface area is 115 Å². The Bertz CT molecular complexity index is 636. The first-order chi connectivity index (χ1) is 9.10. The van der Waals surface area contributed by atoms with Gasteiger partial charge in [-0.25, -0.2) is 9.37 Å². The largest absolute Gasteiger partial charge is 0.421 e. The zero-order chi connectivity index (χ0) is 13.8. The average molecular weight is 327 g/mol. The minimum absolute atomic E-state index is 0.0279. The molecule has 0 unspecified atom stereocenters. The second-order valence-electron chi connectivity index (χ2n) is 3.39. The number of nitrogens with zero attached hydrogens (tertiary/aromatic N) is 3. The molecule has 0 spiro atoms. The summed E-state index contributed by atoms with van der Waals surface area (Å²) in [6, 6.07) is 5.62. The van der Waals surface area contributed by atoms with Crippen LogP contribution in [0.15, 0.2) is 40.1 Å². The highest BCUT2D eigenvalue weighted by Gasteiger charge is 2.09. The lowest BCUT2D eigenvalue weighted by atomic mass is 10.3. The molecule has 1 aromatic heterocycles. The van der Waals surface area contributed by atoms with E-state index >= 15 is 0 Å². The van der Waals surface area contributed by atoms with Crippen LogP contribution in [0.4, 0.5) is 4.39 Å². The van der Waals surface area contributed by atoms with Gasteiger partial charge in [-0.15, -0.1) is 0 Å². The normalized spacial score (nSPS) is 11.4. The van der Waals surface area contributed by atoms with Gasteiger partial charge in [0.1, 0.15) is 5.69 Å². The fourth-order valence-corrected chi connectivity index (χ4v) is 1.57. The smallest absolute Gasteiger partial charge is 0.322 e. The van der Waals surface area contributed by atoms with E-state index in [9.17, 15) is 4.39 Å². The van der Waals surface area contributed by atoms with Crippen molar-refractivity contribution in [1.29, 1.82) is 0 Å². The number of hydrogen-bond acceptors (Lipinski definition) is 5. The van der Waals surface area contributed by atoms with Crippen LogP contribution in [0.3, 0.4) is 0 Å². The molecule has 0 fully saturated rings. The monoisotopic (exact) mass is 326 g/mol. The lowest BCUT2D eigenvalue weighted by Crippen LogP contribution is -2.15. The molecule has 0 aliphatic heterocycles. The van der Waals surface area contributed by atoms with Crippen molar-refractivity contribution in [1.82, 2.24) is 9.97 Å². The molecule has 1 aromatic carbocycles. The number of benzene rings is 1.